The quantitative estimate of drug-likeness (QED) is 0.471. The van der Waals surface area contributed by atoms with Crippen LogP contribution in [0.1, 0.15) is 18.7 Å². The van der Waals surface area contributed by atoms with E-state index in [0.29, 0.717) is 5.11 Å². The van der Waals surface area contributed by atoms with Crippen LogP contribution in [0.4, 0.5) is 5.69 Å². The summed E-state index contributed by atoms with van der Waals surface area (Å²) in [6.45, 7) is 2.03. The fraction of sp³-hybridized carbons (Fsp3) is 0.0952. The van der Waals surface area contributed by atoms with Crippen LogP contribution in [0.3, 0.4) is 0 Å². The van der Waals surface area contributed by atoms with Gasteiger partial charge in [0, 0.05) is 11.1 Å². The summed E-state index contributed by atoms with van der Waals surface area (Å²) in [6.07, 6.45) is 0. The molecule has 0 saturated heterocycles. The molecule has 124 valence electrons. The fourth-order valence-electron chi connectivity index (χ4n) is 2.92. The Morgan fingerprint density at radius 3 is 2.40 bits per heavy atom. The van der Waals surface area contributed by atoms with Gasteiger partial charge in [0.15, 0.2) is 5.11 Å². The van der Waals surface area contributed by atoms with Gasteiger partial charge in [-0.15, -0.1) is 0 Å². The molecule has 4 heteroatoms. The van der Waals surface area contributed by atoms with E-state index in [1.165, 1.54) is 10.8 Å². The first-order valence-corrected chi connectivity index (χ1v) is 8.65. The van der Waals surface area contributed by atoms with E-state index in [-0.39, 0.29) is 6.04 Å². The molecule has 25 heavy (non-hydrogen) atoms. The van der Waals surface area contributed by atoms with Crippen LogP contribution in [-0.4, -0.2) is 5.11 Å². The maximum absolute atomic E-state index is 5.89. The summed E-state index contributed by atoms with van der Waals surface area (Å²) in [4.78, 5) is 0. The standard InChI is InChI=1S/C21H18N2OS/c1-14(20-13-17-8-4-5-9-19(17)24-20)22-21(25)23-18-11-10-15-6-2-3-7-16(15)12-18/h2-14H,1H3,(H2,22,23,25)/t14-/m1/s1. The highest BCUT2D eigenvalue weighted by Gasteiger charge is 2.12. The van der Waals surface area contributed by atoms with Gasteiger partial charge >= 0.3 is 0 Å². The van der Waals surface area contributed by atoms with Crippen molar-refractivity contribution in [1.82, 2.24) is 5.32 Å². The van der Waals surface area contributed by atoms with Crippen LogP contribution in [0.5, 0.6) is 0 Å². The summed E-state index contributed by atoms with van der Waals surface area (Å²) < 4.78 is 5.89. The Bertz CT molecular complexity index is 1020. The number of hydrogen-bond donors (Lipinski definition) is 2. The lowest BCUT2D eigenvalue weighted by Gasteiger charge is -2.15. The zero-order chi connectivity index (χ0) is 17.2. The second-order valence-electron chi connectivity index (χ2n) is 6.07. The molecule has 3 aromatic carbocycles. The van der Waals surface area contributed by atoms with Gasteiger partial charge in [-0.2, -0.15) is 0 Å². The molecular formula is C21H18N2OS. The average Bonchev–Trinajstić information content (AvgIpc) is 3.06. The molecule has 3 nitrogen and oxygen atoms in total. The van der Waals surface area contributed by atoms with E-state index in [4.69, 9.17) is 16.6 Å². The molecule has 0 fully saturated rings. The van der Waals surface area contributed by atoms with Crippen LogP contribution < -0.4 is 10.6 Å². The molecule has 4 rings (SSSR count). The van der Waals surface area contributed by atoms with Gasteiger partial charge in [0.1, 0.15) is 11.3 Å². The van der Waals surface area contributed by atoms with E-state index in [0.717, 1.165) is 22.4 Å². The van der Waals surface area contributed by atoms with Crippen molar-refractivity contribution in [2.24, 2.45) is 0 Å². The van der Waals surface area contributed by atoms with Gasteiger partial charge in [-0.25, -0.2) is 0 Å². The third kappa shape index (κ3) is 3.35. The van der Waals surface area contributed by atoms with Gasteiger partial charge in [-0.3, -0.25) is 0 Å². The number of anilines is 1. The molecule has 1 heterocycles. The molecule has 0 aliphatic carbocycles. The number of nitrogens with one attached hydrogen (secondary N) is 2. The summed E-state index contributed by atoms with van der Waals surface area (Å²) in [5, 5.41) is 10.6. The number of fused-ring (bicyclic) bond motifs is 2. The molecule has 0 bridgehead atoms. The Labute approximate surface area is 151 Å². The van der Waals surface area contributed by atoms with Crippen molar-refractivity contribution in [3.05, 3.63) is 78.6 Å². The van der Waals surface area contributed by atoms with Crippen molar-refractivity contribution in [2.45, 2.75) is 13.0 Å². The predicted molar refractivity (Wildman–Crippen MR) is 108 cm³/mol. The van der Waals surface area contributed by atoms with E-state index in [1.807, 2.05) is 55.5 Å². The molecule has 2 N–H and O–H groups in total. The van der Waals surface area contributed by atoms with E-state index in [1.54, 1.807) is 0 Å². The van der Waals surface area contributed by atoms with Crippen molar-refractivity contribution in [3.63, 3.8) is 0 Å². The molecule has 4 aromatic rings. The molecule has 0 saturated carbocycles. The molecule has 0 spiro atoms. The normalized spacial score (nSPS) is 12.2. The number of furan rings is 1. The van der Waals surface area contributed by atoms with Crippen molar-refractivity contribution in [2.75, 3.05) is 5.32 Å². The second kappa shape index (κ2) is 6.57. The zero-order valence-electron chi connectivity index (χ0n) is 13.8. The topological polar surface area (TPSA) is 37.2 Å². The first kappa shape index (κ1) is 15.7. The number of benzene rings is 3. The first-order valence-electron chi connectivity index (χ1n) is 8.24. The maximum Gasteiger partial charge on any atom is 0.171 e. The Kier molecular flexibility index (Phi) is 4.12. The highest BCUT2D eigenvalue weighted by Crippen LogP contribution is 2.24. The Hall–Kier alpha value is -2.85. The first-order chi connectivity index (χ1) is 12.2. The lowest BCUT2D eigenvalue weighted by Crippen LogP contribution is -2.30. The number of hydrogen-bond acceptors (Lipinski definition) is 2. The highest BCUT2D eigenvalue weighted by atomic mass is 32.1. The third-order valence-electron chi connectivity index (χ3n) is 4.23. The van der Waals surface area contributed by atoms with Gasteiger partial charge < -0.3 is 15.1 Å². The van der Waals surface area contributed by atoms with Crippen LogP contribution in [0.2, 0.25) is 0 Å². The summed E-state index contributed by atoms with van der Waals surface area (Å²) >= 11 is 5.45. The van der Waals surface area contributed by atoms with Crippen LogP contribution >= 0.6 is 12.2 Å². The molecule has 1 atom stereocenters. The molecular weight excluding hydrogens is 328 g/mol. The lowest BCUT2D eigenvalue weighted by molar-refractivity contribution is 0.493. The Morgan fingerprint density at radius 1 is 0.880 bits per heavy atom. The fourth-order valence-corrected chi connectivity index (χ4v) is 3.21. The summed E-state index contributed by atoms with van der Waals surface area (Å²) in [5.74, 6) is 0.865. The number of thiocarbonyl (C=S) groups is 1. The summed E-state index contributed by atoms with van der Waals surface area (Å²) in [5.41, 5.74) is 1.85. The van der Waals surface area contributed by atoms with Crippen LogP contribution in [0, 0.1) is 0 Å². The average molecular weight is 346 g/mol. The molecule has 0 radical (unpaired) electrons. The van der Waals surface area contributed by atoms with Gasteiger partial charge in [0.25, 0.3) is 0 Å². The van der Waals surface area contributed by atoms with Gasteiger partial charge in [-0.05, 0) is 54.2 Å². The molecule has 0 aliphatic heterocycles. The van der Waals surface area contributed by atoms with Crippen molar-refractivity contribution < 1.29 is 4.42 Å². The smallest absolute Gasteiger partial charge is 0.171 e. The minimum absolute atomic E-state index is 0.0205. The largest absolute Gasteiger partial charge is 0.459 e. The van der Waals surface area contributed by atoms with Crippen LogP contribution in [0.25, 0.3) is 21.7 Å². The Morgan fingerprint density at radius 2 is 1.60 bits per heavy atom. The minimum atomic E-state index is -0.0205. The monoisotopic (exact) mass is 346 g/mol. The summed E-state index contributed by atoms with van der Waals surface area (Å²) in [6, 6.07) is 24.5. The lowest BCUT2D eigenvalue weighted by atomic mass is 10.1. The molecule has 1 aromatic heterocycles. The van der Waals surface area contributed by atoms with Crippen molar-refractivity contribution in [1.29, 1.82) is 0 Å². The van der Waals surface area contributed by atoms with Gasteiger partial charge in [0.05, 0.1) is 6.04 Å². The number of para-hydroxylation sites is 1. The minimum Gasteiger partial charge on any atom is -0.459 e. The van der Waals surface area contributed by atoms with Gasteiger partial charge in [0.2, 0.25) is 0 Å². The number of rotatable bonds is 3. The second-order valence-corrected chi connectivity index (χ2v) is 6.48. The predicted octanol–water partition coefficient (Wildman–Crippen LogP) is 5.63. The molecule has 0 amide bonds. The maximum atomic E-state index is 5.89. The van der Waals surface area contributed by atoms with E-state index >= 15 is 0 Å². The van der Waals surface area contributed by atoms with Crippen molar-refractivity contribution >= 4 is 44.8 Å². The molecule has 0 aliphatic rings. The van der Waals surface area contributed by atoms with E-state index < -0.39 is 0 Å². The van der Waals surface area contributed by atoms with Crippen molar-refractivity contribution in [3.8, 4) is 0 Å². The van der Waals surface area contributed by atoms with Crippen LogP contribution in [0.15, 0.2) is 77.2 Å². The third-order valence-corrected chi connectivity index (χ3v) is 4.45. The van der Waals surface area contributed by atoms with E-state index in [2.05, 4.69) is 34.9 Å². The molecule has 0 unspecified atom stereocenters. The SMILES string of the molecule is C[C@@H](NC(=S)Nc1ccc2ccccc2c1)c1cc2ccccc2o1. The summed E-state index contributed by atoms with van der Waals surface area (Å²) in [7, 11) is 0. The van der Waals surface area contributed by atoms with E-state index in [9.17, 15) is 0 Å². The van der Waals surface area contributed by atoms with Crippen LogP contribution in [-0.2, 0) is 0 Å². The Balaban J connectivity index is 1.46. The van der Waals surface area contributed by atoms with Gasteiger partial charge in [-0.1, -0.05) is 48.5 Å². The highest BCUT2D eigenvalue weighted by molar-refractivity contribution is 7.80. The zero-order valence-corrected chi connectivity index (χ0v) is 14.6.